The molecule has 1 fully saturated rings. The van der Waals surface area contributed by atoms with Gasteiger partial charge < -0.3 is 10.3 Å². The smallest absolute Gasteiger partial charge is 0.122 e. The zero-order valence-electron chi connectivity index (χ0n) is 8.69. The van der Waals surface area contributed by atoms with E-state index in [0.717, 1.165) is 31.9 Å². The first kappa shape index (κ1) is 9.68. The molecule has 2 rings (SSSR count). The molecule has 1 aromatic rings. The fraction of sp³-hybridized carbons (Fsp3) is 0.700. The highest BCUT2D eigenvalue weighted by atomic mass is 15.2. The Kier molecular flexibility index (Phi) is 2.84. The molecule has 4 nitrogen and oxygen atoms in total. The second-order valence-electron chi connectivity index (χ2n) is 4.09. The monoisotopic (exact) mass is 194 g/mol. The first-order valence-corrected chi connectivity index (χ1v) is 5.20. The molecule has 0 radical (unpaired) electrons. The van der Waals surface area contributed by atoms with Crippen molar-refractivity contribution in [2.75, 3.05) is 13.1 Å². The normalized spacial score (nSPS) is 24.0. The van der Waals surface area contributed by atoms with E-state index in [1.54, 1.807) is 0 Å². The van der Waals surface area contributed by atoms with Crippen LogP contribution in [-0.4, -0.2) is 33.6 Å². The van der Waals surface area contributed by atoms with Crippen LogP contribution in [0.2, 0.25) is 0 Å². The minimum Gasteiger partial charge on any atom is -0.337 e. The van der Waals surface area contributed by atoms with E-state index in [4.69, 9.17) is 5.73 Å². The molecule has 0 aromatic carbocycles. The molecule has 14 heavy (non-hydrogen) atoms. The zero-order valence-corrected chi connectivity index (χ0v) is 8.69. The molecule has 78 valence electrons. The zero-order chi connectivity index (χ0) is 9.97. The van der Waals surface area contributed by atoms with Crippen molar-refractivity contribution in [1.29, 1.82) is 0 Å². The van der Waals surface area contributed by atoms with Gasteiger partial charge in [0.2, 0.25) is 0 Å². The Hall–Kier alpha value is -0.870. The Morgan fingerprint density at radius 1 is 1.64 bits per heavy atom. The summed E-state index contributed by atoms with van der Waals surface area (Å²) < 4.78 is 2.07. The Morgan fingerprint density at radius 3 is 3.14 bits per heavy atom. The van der Waals surface area contributed by atoms with Crippen LogP contribution >= 0.6 is 0 Å². The lowest BCUT2D eigenvalue weighted by atomic mass is 10.1. The molecule has 0 aliphatic carbocycles. The van der Waals surface area contributed by atoms with Crippen molar-refractivity contribution < 1.29 is 0 Å². The van der Waals surface area contributed by atoms with E-state index in [-0.39, 0.29) is 0 Å². The quantitative estimate of drug-likeness (QED) is 0.738. The highest BCUT2D eigenvalue weighted by molar-refractivity contribution is 4.92. The number of nitrogens with two attached hydrogens (primary N) is 1. The summed E-state index contributed by atoms with van der Waals surface area (Å²) in [4.78, 5) is 6.70. The number of aromatic nitrogens is 2. The topological polar surface area (TPSA) is 47.1 Å². The SMILES string of the molecule is Cn1ccnc1CN1CCC[C@H](N)C1. The van der Waals surface area contributed by atoms with E-state index in [1.165, 1.54) is 6.42 Å². The molecule has 1 atom stereocenters. The highest BCUT2D eigenvalue weighted by Gasteiger charge is 2.17. The lowest BCUT2D eigenvalue weighted by Gasteiger charge is -2.30. The van der Waals surface area contributed by atoms with Crippen molar-refractivity contribution in [3.8, 4) is 0 Å². The van der Waals surface area contributed by atoms with Crippen LogP contribution in [0.5, 0.6) is 0 Å². The third-order valence-electron chi connectivity index (χ3n) is 2.83. The van der Waals surface area contributed by atoms with Crippen LogP contribution in [-0.2, 0) is 13.6 Å². The van der Waals surface area contributed by atoms with E-state index >= 15 is 0 Å². The summed E-state index contributed by atoms with van der Waals surface area (Å²) in [7, 11) is 2.03. The lowest BCUT2D eigenvalue weighted by Crippen LogP contribution is -2.42. The number of piperidine rings is 1. The Balaban J connectivity index is 1.94. The van der Waals surface area contributed by atoms with Gasteiger partial charge in [-0.15, -0.1) is 0 Å². The summed E-state index contributed by atoms with van der Waals surface area (Å²) in [6.45, 7) is 3.09. The van der Waals surface area contributed by atoms with E-state index in [2.05, 4.69) is 14.5 Å². The second kappa shape index (κ2) is 4.11. The van der Waals surface area contributed by atoms with Crippen LogP contribution in [0, 0.1) is 0 Å². The molecule has 2 N–H and O–H groups in total. The number of hydrogen-bond donors (Lipinski definition) is 1. The maximum Gasteiger partial charge on any atom is 0.122 e. The van der Waals surface area contributed by atoms with Crippen LogP contribution in [0.25, 0.3) is 0 Å². The van der Waals surface area contributed by atoms with Crippen LogP contribution in [0.15, 0.2) is 12.4 Å². The van der Waals surface area contributed by atoms with Gasteiger partial charge in [0.05, 0.1) is 6.54 Å². The molecular formula is C10H18N4. The third-order valence-corrected chi connectivity index (χ3v) is 2.83. The molecule has 1 aromatic heterocycles. The molecule has 1 saturated heterocycles. The first-order valence-electron chi connectivity index (χ1n) is 5.20. The minimum atomic E-state index is 0.351. The van der Waals surface area contributed by atoms with Crippen LogP contribution < -0.4 is 5.73 Å². The predicted octanol–water partition coefficient (Wildman–Crippen LogP) is 0.343. The number of nitrogens with zero attached hydrogens (tertiary/aromatic N) is 3. The maximum atomic E-state index is 5.92. The largest absolute Gasteiger partial charge is 0.337 e. The number of hydrogen-bond acceptors (Lipinski definition) is 3. The molecular weight excluding hydrogens is 176 g/mol. The fourth-order valence-corrected chi connectivity index (χ4v) is 1.98. The predicted molar refractivity (Wildman–Crippen MR) is 55.7 cm³/mol. The molecule has 1 aliphatic rings. The molecule has 0 spiro atoms. The Labute approximate surface area is 84.7 Å². The van der Waals surface area contributed by atoms with Gasteiger partial charge >= 0.3 is 0 Å². The summed E-state index contributed by atoms with van der Waals surface area (Å²) in [5, 5.41) is 0. The van der Waals surface area contributed by atoms with Gasteiger partial charge in [0, 0.05) is 32.0 Å². The van der Waals surface area contributed by atoms with Gasteiger partial charge in [0.25, 0.3) is 0 Å². The fourth-order valence-electron chi connectivity index (χ4n) is 1.98. The summed E-state index contributed by atoms with van der Waals surface area (Å²) in [5.74, 6) is 1.12. The van der Waals surface area contributed by atoms with Crippen molar-refractivity contribution in [2.45, 2.75) is 25.4 Å². The van der Waals surface area contributed by atoms with E-state index in [9.17, 15) is 0 Å². The molecule has 1 aliphatic heterocycles. The third kappa shape index (κ3) is 2.13. The van der Waals surface area contributed by atoms with Crippen molar-refractivity contribution in [3.63, 3.8) is 0 Å². The van der Waals surface area contributed by atoms with Crippen LogP contribution in [0.3, 0.4) is 0 Å². The van der Waals surface area contributed by atoms with Crippen molar-refractivity contribution in [1.82, 2.24) is 14.5 Å². The van der Waals surface area contributed by atoms with E-state index in [1.807, 2.05) is 19.4 Å². The van der Waals surface area contributed by atoms with E-state index < -0.39 is 0 Å². The summed E-state index contributed by atoms with van der Waals surface area (Å²) in [5.41, 5.74) is 5.92. The van der Waals surface area contributed by atoms with Crippen LogP contribution in [0.1, 0.15) is 18.7 Å². The average molecular weight is 194 g/mol. The molecule has 4 heteroatoms. The Morgan fingerprint density at radius 2 is 2.50 bits per heavy atom. The summed E-state index contributed by atoms with van der Waals surface area (Å²) in [6, 6.07) is 0.351. The first-order chi connectivity index (χ1) is 6.75. The molecule has 0 amide bonds. The molecule has 0 saturated carbocycles. The van der Waals surface area contributed by atoms with Gasteiger partial charge in [-0.25, -0.2) is 4.98 Å². The molecule has 0 bridgehead atoms. The van der Waals surface area contributed by atoms with Gasteiger partial charge in [0.15, 0.2) is 0 Å². The minimum absolute atomic E-state index is 0.351. The van der Waals surface area contributed by atoms with Gasteiger partial charge in [-0.1, -0.05) is 0 Å². The molecule has 2 heterocycles. The lowest BCUT2D eigenvalue weighted by molar-refractivity contribution is 0.195. The van der Waals surface area contributed by atoms with Crippen molar-refractivity contribution in [2.24, 2.45) is 12.8 Å². The summed E-state index contributed by atoms with van der Waals surface area (Å²) >= 11 is 0. The van der Waals surface area contributed by atoms with Gasteiger partial charge in [-0.3, -0.25) is 4.90 Å². The maximum absolute atomic E-state index is 5.92. The number of likely N-dealkylation sites (tertiary alicyclic amines) is 1. The van der Waals surface area contributed by atoms with Gasteiger partial charge in [0.1, 0.15) is 5.82 Å². The van der Waals surface area contributed by atoms with Crippen molar-refractivity contribution in [3.05, 3.63) is 18.2 Å². The summed E-state index contributed by atoms with van der Waals surface area (Å²) in [6.07, 6.45) is 6.21. The second-order valence-corrected chi connectivity index (χ2v) is 4.09. The standard InChI is InChI=1S/C10H18N4/c1-13-6-4-12-10(13)8-14-5-2-3-9(11)7-14/h4,6,9H,2-3,5,7-8,11H2,1H3/t9-/m0/s1. The average Bonchev–Trinajstić information content (AvgIpc) is 2.52. The van der Waals surface area contributed by atoms with Gasteiger partial charge in [-0.2, -0.15) is 0 Å². The Bertz CT molecular complexity index is 294. The van der Waals surface area contributed by atoms with Crippen molar-refractivity contribution >= 4 is 0 Å². The van der Waals surface area contributed by atoms with Gasteiger partial charge in [-0.05, 0) is 19.4 Å². The highest BCUT2D eigenvalue weighted by Crippen LogP contribution is 2.10. The van der Waals surface area contributed by atoms with Crippen LogP contribution in [0.4, 0.5) is 0 Å². The molecule has 0 unspecified atom stereocenters. The number of aryl methyl sites for hydroxylation is 1. The number of imidazole rings is 1. The van der Waals surface area contributed by atoms with E-state index in [0.29, 0.717) is 6.04 Å². The number of rotatable bonds is 2.